The summed E-state index contributed by atoms with van der Waals surface area (Å²) in [4.78, 5) is 13.4. The van der Waals surface area contributed by atoms with Crippen LogP contribution in [0.3, 0.4) is 0 Å². The Balaban J connectivity index is 1.30. The molecule has 27 heavy (non-hydrogen) atoms. The smallest absolute Gasteiger partial charge is 0.147 e. The van der Waals surface area contributed by atoms with Crippen molar-refractivity contribution in [3.63, 3.8) is 0 Å². The Kier molecular flexibility index (Phi) is 5.45. The largest absolute Gasteiger partial charge is 0.371 e. The predicted molar refractivity (Wildman–Crippen MR) is 108 cm³/mol. The van der Waals surface area contributed by atoms with Gasteiger partial charge in [-0.05, 0) is 55.7 Å². The molecule has 2 saturated heterocycles. The molecule has 0 atom stereocenters. The van der Waals surface area contributed by atoms with E-state index in [4.69, 9.17) is 16.9 Å². The van der Waals surface area contributed by atoms with Crippen molar-refractivity contribution in [2.24, 2.45) is 11.8 Å². The van der Waals surface area contributed by atoms with Gasteiger partial charge in [0.15, 0.2) is 0 Å². The summed E-state index contributed by atoms with van der Waals surface area (Å²) < 4.78 is 0. The molecule has 1 aromatic heterocycles. The highest BCUT2D eigenvalue weighted by Crippen LogP contribution is 2.35. The molecule has 0 spiro atoms. The third kappa shape index (κ3) is 4.01. The maximum absolute atomic E-state index is 9.03. The van der Waals surface area contributed by atoms with Gasteiger partial charge >= 0.3 is 0 Å². The van der Waals surface area contributed by atoms with Crippen LogP contribution in [0.4, 0.5) is 11.5 Å². The van der Waals surface area contributed by atoms with Crippen molar-refractivity contribution >= 4 is 23.1 Å². The summed E-state index contributed by atoms with van der Waals surface area (Å²) in [6.07, 6.45) is 10.3. The van der Waals surface area contributed by atoms with Crippen LogP contribution in [-0.4, -0.2) is 36.1 Å². The molecule has 0 saturated carbocycles. The van der Waals surface area contributed by atoms with E-state index in [0.29, 0.717) is 10.6 Å². The van der Waals surface area contributed by atoms with Gasteiger partial charge in [-0.2, -0.15) is 5.26 Å². The fourth-order valence-corrected chi connectivity index (χ4v) is 4.69. The van der Waals surface area contributed by atoms with E-state index in [1.807, 2.05) is 24.4 Å². The summed E-state index contributed by atoms with van der Waals surface area (Å²) in [7, 11) is 0. The lowest BCUT2D eigenvalue weighted by molar-refractivity contribution is 0.233. The van der Waals surface area contributed by atoms with Crippen LogP contribution in [0, 0.1) is 23.2 Å². The fraction of sp³-hybridized carbons (Fsp3) is 0.476. The number of hydrogen-bond acceptors (Lipinski definition) is 5. The van der Waals surface area contributed by atoms with E-state index in [1.54, 1.807) is 12.4 Å². The minimum atomic E-state index is 0.546. The topological polar surface area (TPSA) is 56.1 Å². The molecular weight excluding hydrogens is 358 g/mol. The molecule has 0 aliphatic carbocycles. The van der Waals surface area contributed by atoms with E-state index in [0.717, 1.165) is 49.5 Å². The van der Waals surface area contributed by atoms with Gasteiger partial charge in [0.1, 0.15) is 11.9 Å². The summed E-state index contributed by atoms with van der Waals surface area (Å²) >= 11 is 6.20. The van der Waals surface area contributed by atoms with E-state index in [2.05, 4.69) is 25.8 Å². The van der Waals surface area contributed by atoms with Gasteiger partial charge in [0, 0.05) is 44.3 Å². The second-order valence-corrected chi connectivity index (χ2v) is 7.90. The SMILES string of the molecule is N#Cc1ccc(N2CCC(C3CCN(c4cnccn4)CC3)CC2)cc1Cl. The number of anilines is 2. The number of rotatable bonds is 3. The minimum Gasteiger partial charge on any atom is -0.371 e. The number of aromatic nitrogens is 2. The zero-order valence-electron chi connectivity index (χ0n) is 15.4. The number of piperidine rings is 2. The van der Waals surface area contributed by atoms with Gasteiger partial charge in [-0.25, -0.2) is 4.98 Å². The summed E-state index contributed by atoms with van der Waals surface area (Å²) in [5, 5.41) is 9.58. The van der Waals surface area contributed by atoms with Crippen molar-refractivity contribution < 1.29 is 0 Å². The van der Waals surface area contributed by atoms with Crippen LogP contribution < -0.4 is 9.80 Å². The monoisotopic (exact) mass is 381 g/mol. The van der Waals surface area contributed by atoms with Crippen LogP contribution in [0.1, 0.15) is 31.2 Å². The second kappa shape index (κ2) is 8.14. The van der Waals surface area contributed by atoms with Crippen LogP contribution in [0.5, 0.6) is 0 Å². The maximum atomic E-state index is 9.03. The van der Waals surface area contributed by atoms with E-state index in [1.165, 1.54) is 25.7 Å². The van der Waals surface area contributed by atoms with Gasteiger partial charge in [0.25, 0.3) is 0 Å². The first-order valence-electron chi connectivity index (χ1n) is 9.70. The van der Waals surface area contributed by atoms with Gasteiger partial charge in [0.2, 0.25) is 0 Å². The molecular formula is C21H24ClN5. The Bertz CT molecular complexity index is 803. The van der Waals surface area contributed by atoms with E-state index in [9.17, 15) is 0 Å². The number of hydrogen-bond donors (Lipinski definition) is 0. The quantitative estimate of drug-likeness (QED) is 0.799. The van der Waals surface area contributed by atoms with Crippen molar-refractivity contribution in [2.45, 2.75) is 25.7 Å². The Labute approximate surface area is 165 Å². The predicted octanol–water partition coefficient (Wildman–Crippen LogP) is 4.13. The molecule has 5 nitrogen and oxygen atoms in total. The van der Waals surface area contributed by atoms with Crippen molar-refractivity contribution in [3.8, 4) is 6.07 Å². The first-order chi connectivity index (χ1) is 13.2. The van der Waals surface area contributed by atoms with Crippen LogP contribution in [0.2, 0.25) is 5.02 Å². The molecule has 2 fully saturated rings. The van der Waals surface area contributed by atoms with E-state index >= 15 is 0 Å². The molecule has 6 heteroatoms. The number of nitriles is 1. The van der Waals surface area contributed by atoms with E-state index < -0.39 is 0 Å². The Morgan fingerprint density at radius 3 is 2.19 bits per heavy atom. The molecule has 1 aromatic carbocycles. The second-order valence-electron chi connectivity index (χ2n) is 7.49. The first-order valence-corrected chi connectivity index (χ1v) is 10.1. The maximum Gasteiger partial charge on any atom is 0.147 e. The number of nitrogens with zero attached hydrogens (tertiary/aromatic N) is 5. The average molecular weight is 382 g/mol. The summed E-state index contributed by atoms with van der Waals surface area (Å²) in [5.74, 6) is 2.62. The highest BCUT2D eigenvalue weighted by molar-refractivity contribution is 6.32. The Hall–Kier alpha value is -2.32. The van der Waals surface area contributed by atoms with Gasteiger partial charge in [0.05, 0.1) is 16.8 Å². The molecule has 2 aliphatic heterocycles. The third-order valence-electron chi connectivity index (χ3n) is 6.06. The van der Waals surface area contributed by atoms with Crippen LogP contribution in [-0.2, 0) is 0 Å². The number of benzene rings is 1. The molecule has 4 rings (SSSR count). The Morgan fingerprint density at radius 2 is 1.63 bits per heavy atom. The fourth-order valence-electron chi connectivity index (χ4n) is 4.47. The van der Waals surface area contributed by atoms with Crippen molar-refractivity contribution in [2.75, 3.05) is 36.0 Å². The highest BCUT2D eigenvalue weighted by Gasteiger charge is 2.30. The van der Waals surface area contributed by atoms with Crippen molar-refractivity contribution in [3.05, 3.63) is 47.4 Å². The zero-order valence-corrected chi connectivity index (χ0v) is 16.1. The lowest BCUT2D eigenvalue weighted by Gasteiger charge is -2.41. The zero-order chi connectivity index (χ0) is 18.6. The highest BCUT2D eigenvalue weighted by atomic mass is 35.5. The molecule has 0 unspecified atom stereocenters. The third-order valence-corrected chi connectivity index (χ3v) is 6.37. The van der Waals surface area contributed by atoms with Gasteiger partial charge < -0.3 is 9.80 Å². The molecule has 0 bridgehead atoms. The minimum absolute atomic E-state index is 0.546. The number of halogens is 1. The van der Waals surface area contributed by atoms with Crippen molar-refractivity contribution in [1.82, 2.24) is 9.97 Å². The Morgan fingerprint density at radius 1 is 0.963 bits per heavy atom. The molecule has 3 heterocycles. The van der Waals surface area contributed by atoms with Crippen molar-refractivity contribution in [1.29, 1.82) is 5.26 Å². The molecule has 2 aromatic rings. The molecule has 0 amide bonds. The van der Waals surface area contributed by atoms with E-state index in [-0.39, 0.29) is 0 Å². The molecule has 0 radical (unpaired) electrons. The standard InChI is InChI=1S/C21H24ClN5/c22-20-13-19(2-1-18(20)14-23)26-9-3-16(4-10-26)17-5-11-27(12-6-17)21-15-24-7-8-25-21/h1-2,7-8,13,15-17H,3-6,9-12H2. The lowest BCUT2D eigenvalue weighted by atomic mass is 9.78. The molecule has 140 valence electrons. The first kappa shape index (κ1) is 18.1. The average Bonchev–Trinajstić information content (AvgIpc) is 2.74. The molecule has 0 N–H and O–H groups in total. The summed E-state index contributed by atoms with van der Waals surface area (Å²) in [5.41, 5.74) is 1.68. The van der Waals surface area contributed by atoms with Gasteiger partial charge in [-0.1, -0.05) is 11.6 Å². The van der Waals surface area contributed by atoms with Crippen LogP contribution in [0.25, 0.3) is 0 Å². The summed E-state index contributed by atoms with van der Waals surface area (Å²) in [6, 6.07) is 7.90. The van der Waals surface area contributed by atoms with Crippen LogP contribution >= 0.6 is 11.6 Å². The van der Waals surface area contributed by atoms with Gasteiger partial charge in [-0.3, -0.25) is 4.98 Å². The van der Waals surface area contributed by atoms with Crippen LogP contribution in [0.15, 0.2) is 36.8 Å². The van der Waals surface area contributed by atoms with Gasteiger partial charge in [-0.15, -0.1) is 0 Å². The normalized spacial score (nSPS) is 19.1. The molecule has 2 aliphatic rings. The lowest BCUT2D eigenvalue weighted by Crippen LogP contribution is -2.41. The summed E-state index contributed by atoms with van der Waals surface area (Å²) in [6.45, 7) is 4.29.